The van der Waals surface area contributed by atoms with Crippen molar-refractivity contribution in [1.29, 1.82) is 0 Å². The number of likely N-dealkylation sites (tertiary alicyclic amines) is 1. The van der Waals surface area contributed by atoms with Crippen LogP contribution in [0, 0.1) is 17.7 Å². The van der Waals surface area contributed by atoms with E-state index in [4.69, 9.17) is 0 Å². The monoisotopic (exact) mass is 378 g/mol. The van der Waals surface area contributed by atoms with Crippen LogP contribution in [0.2, 0.25) is 0 Å². The molecule has 5 rings (SSSR count). The van der Waals surface area contributed by atoms with Crippen LogP contribution in [0.15, 0.2) is 53.5 Å². The molecular weight excluding hydrogens is 359 g/mol. The van der Waals surface area contributed by atoms with Gasteiger partial charge in [0, 0.05) is 55.0 Å². The third-order valence-corrected chi connectivity index (χ3v) is 5.79. The number of para-hydroxylation sites is 1. The highest BCUT2D eigenvalue weighted by Crippen LogP contribution is 2.34. The molecule has 3 aromatic rings. The molecule has 2 aromatic heterocycles. The summed E-state index contributed by atoms with van der Waals surface area (Å²) in [6.07, 6.45) is 1.23. The van der Waals surface area contributed by atoms with Crippen molar-refractivity contribution >= 4 is 22.6 Å². The molecule has 142 valence electrons. The van der Waals surface area contributed by atoms with E-state index < -0.39 is 0 Å². The number of fused-ring (bicyclic) bond motifs is 2. The van der Waals surface area contributed by atoms with Crippen molar-refractivity contribution in [3.63, 3.8) is 0 Å². The zero-order valence-corrected chi connectivity index (χ0v) is 15.1. The summed E-state index contributed by atoms with van der Waals surface area (Å²) < 4.78 is 13.1. The Kier molecular flexibility index (Phi) is 3.89. The number of pyridine rings is 2. The number of rotatable bonds is 2. The maximum Gasteiger partial charge on any atom is 0.254 e. The molecule has 2 fully saturated rings. The Bertz CT molecular complexity index is 1100. The fourth-order valence-corrected chi connectivity index (χ4v) is 4.45. The summed E-state index contributed by atoms with van der Waals surface area (Å²) >= 11 is 0. The van der Waals surface area contributed by atoms with Crippen molar-refractivity contribution in [2.75, 3.05) is 31.1 Å². The largest absolute Gasteiger partial charge is 0.356 e. The van der Waals surface area contributed by atoms with Crippen molar-refractivity contribution in [2.45, 2.75) is 0 Å². The van der Waals surface area contributed by atoms with Gasteiger partial charge in [-0.3, -0.25) is 9.59 Å². The summed E-state index contributed by atoms with van der Waals surface area (Å²) in [5, 5.41) is 0.765. The molecule has 0 bridgehead atoms. The highest BCUT2D eigenvalue weighted by atomic mass is 19.1. The second-order valence-electron chi connectivity index (χ2n) is 7.56. The van der Waals surface area contributed by atoms with E-state index in [-0.39, 0.29) is 17.3 Å². The minimum absolute atomic E-state index is 0.0943. The van der Waals surface area contributed by atoms with Crippen LogP contribution >= 0.6 is 0 Å². The average molecular weight is 378 g/mol. The molecular formula is C21H19FN4O2. The molecule has 2 aliphatic rings. The number of H-pyrrole nitrogens is 1. The fourth-order valence-electron chi connectivity index (χ4n) is 4.45. The van der Waals surface area contributed by atoms with Gasteiger partial charge in [-0.2, -0.15) is 0 Å². The van der Waals surface area contributed by atoms with Gasteiger partial charge < -0.3 is 14.8 Å². The Morgan fingerprint density at radius 2 is 1.82 bits per heavy atom. The zero-order valence-electron chi connectivity index (χ0n) is 15.1. The Hall–Kier alpha value is -3.22. The van der Waals surface area contributed by atoms with E-state index in [0.717, 1.165) is 24.3 Å². The van der Waals surface area contributed by atoms with E-state index in [1.165, 1.54) is 18.3 Å². The van der Waals surface area contributed by atoms with Crippen LogP contribution in [0.5, 0.6) is 0 Å². The van der Waals surface area contributed by atoms with Gasteiger partial charge in [0.25, 0.3) is 5.91 Å². The van der Waals surface area contributed by atoms with E-state index >= 15 is 0 Å². The number of carbonyl (C=O) groups excluding carboxylic acids is 1. The second kappa shape index (κ2) is 6.44. The van der Waals surface area contributed by atoms with E-state index in [1.807, 2.05) is 23.1 Å². The molecule has 1 aromatic carbocycles. The van der Waals surface area contributed by atoms with Crippen molar-refractivity contribution in [3.05, 3.63) is 70.4 Å². The first kappa shape index (κ1) is 16.9. The SMILES string of the molecule is O=C(c1cc(=O)[nH]c2ccccc12)N1CC2CN(c3ccc(F)cn3)CC2C1. The van der Waals surface area contributed by atoms with Crippen LogP contribution in [0.3, 0.4) is 0 Å². The predicted octanol–water partition coefficient (Wildman–Crippen LogP) is 2.27. The molecule has 1 N–H and O–H groups in total. The molecule has 0 spiro atoms. The minimum atomic E-state index is -0.343. The van der Waals surface area contributed by atoms with Crippen LogP contribution in [0.25, 0.3) is 10.9 Å². The topological polar surface area (TPSA) is 69.3 Å². The first-order valence-corrected chi connectivity index (χ1v) is 9.36. The Morgan fingerprint density at radius 1 is 1.07 bits per heavy atom. The van der Waals surface area contributed by atoms with Crippen LogP contribution in [-0.4, -0.2) is 47.0 Å². The van der Waals surface area contributed by atoms with Gasteiger partial charge in [-0.15, -0.1) is 0 Å². The Morgan fingerprint density at radius 3 is 2.54 bits per heavy atom. The maximum atomic E-state index is 13.1. The highest BCUT2D eigenvalue weighted by molar-refractivity contribution is 6.06. The predicted molar refractivity (Wildman–Crippen MR) is 104 cm³/mol. The summed E-state index contributed by atoms with van der Waals surface area (Å²) in [7, 11) is 0. The molecule has 1 amide bonds. The summed E-state index contributed by atoms with van der Waals surface area (Å²) in [6, 6.07) is 11.9. The smallest absolute Gasteiger partial charge is 0.254 e. The molecule has 2 atom stereocenters. The lowest BCUT2D eigenvalue weighted by molar-refractivity contribution is 0.0784. The quantitative estimate of drug-likeness (QED) is 0.743. The number of aromatic nitrogens is 2. The second-order valence-corrected chi connectivity index (χ2v) is 7.56. The zero-order chi connectivity index (χ0) is 19.3. The van der Waals surface area contributed by atoms with Gasteiger partial charge in [-0.05, 0) is 18.2 Å². The molecule has 2 aliphatic heterocycles. The minimum Gasteiger partial charge on any atom is -0.356 e. The van der Waals surface area contributed by atoms with Gasteiger partial charge in [0.05, 0.1) is 11.8 Å². The van der Waals surface area contributed by atoms with Crippen LogP contribution in [0.4, 0.5) is 10.2 Å². The molecule has 2 unspecified atom stereocenters. The van der Waals surface area contributed by atoms with Gasteiger partial charge in [0.2, 0.25) is 5.56 Å². The summed E-state index contributed by atoms with van der Waals surface area (Å²) in [5.41, 5.74) is 0.859. The van der Waals surface area contributed by atoms with E-state index in [2.05, 4.69) is 14.9 Å². The van der Waals surface area contributed by atoms with E-state index in [0.29, 0.717) is 36.0 Å². The average Bonchev–Trinajstić information content (AvgIpc) is 3.26. The highest BCUT2D eigenvalue weighted by Gasteiger charge is 2.42. The first-order valence-electron chi connectivity index (χ1n) is 9.36. The van der Waals surface area contributed by atoms with Crippen LogP contribution in [-0.2, 0) is 0 Å². The first-order chi connectivity index (χ1) is 13.6. The van der Waals surface area contributed by atoms with Crippen molar-refractivity contribution < 1.29 is 9.18 Å². The lowest BCUT2D eigenvalue weighted by Gasteiger charge is -2.23. The van der Waals surface area contributed by atoms with E-state index in [9.17, 15) is 14.0 Å². The van der Waals surface area contributed by atoms with Crippen molar-refractivity contribution in [1.82, 2.24) is 14.9 Å². The molecule has 6 nitrogen and oxygen atoms in total. The Labute approximate surface area is 160 Å². The number of aromatic amines is 1. The number of hydrogen-bond donors (Lipinski definition) is 1. The molecule has 2 saturated heterocycles. The third-order valence-electron chi connectivity index (χ3n) is 5.79. The maximum absolute atomic E-state index is 13.1. The van der Waals surface area contributed by atoms with Gasteiger partial charge in [0.15, 0.2) is 0 Å². The number of anilines is 1. The van der Waals surface area contributed by atoms with E-state index in [1.54, 1.807) is 12.1 Å². The number of amides is 1. The van der Waals surface area contributed by atoms with Gasteiger partial charge >= 0.3 is 0 Å². The standard InChI is InChI=1S/C21H19FN4O2/c22-15-5-6-19(23-8-15)25-9-13-11-26(12-14(13)10-25)21(28)17-7-20(27)24-18-4-2-1-3-16(17)18/h1-8,13-14H,9-12H2,(H,24,27). The van der Waals surface area contributed by atoms with Crippen molar-refractivity contribution in [2.24, 2.45) is 11.8 Å². The van der Waals surface area contributed by atoms with Gasteiger partial charge in [-0.1, -0.05) is 18.2 Å². The number of carbonyl (C=O) groups is 1. The fraction of sp³-hybridized carbons (Fsp3) is 0.286. The number of hydrogen-bond acceptors (Lipinski definition) is 4. The number of nitrogens with zero attached hydrogens (tertiary/aromatic N) is 3. The number of halogens is 1. The molecule has 0 saturated carbocycles. The molecule has 7 heteroatoms. The third kappa shape index (κ3) is 2.83. The molecule has 28 heavy (non-hydrogen) atoms. The van der Waals surface area contributed by atoms with Gasteiger partial charge in [0.1, 0.15) is 11.6 Å². The molecule has 0 aliphatic carbocycles. The summed E-state index contributed by atoms with van der Waals surface area (Å²) in [5.74, 6) is 1.04. The molecule has 0 radical (unpaired) electrons. The van der Waals surface area contributed by atoms with Crippen LogP contribution in [0.1, 0.15) is 10.4 Å². The Balaban J connectivity index is 1.35. The summed E-state index contributed by atoms with van der Waals surface area (Å²) in [4.78, 5) is 36.1. The lowest BCUT2D eigenvalue weighted by Crippen LogP contribution is -2.34. The lowest BCUT2D eigenvalue weighted by atomic mass is 10.0. The number of nitrogens with one attached hydrogen (secondary N) is 1. The summed E-state index contributed by atoms with van der Waals surface area (Å²) in [6.45, 7) is 2.90. The van der Waals surface area contributed by atoms with Crippen LogP contribution < -0.4 is 10.5 Å². The molecule has 4 heterocycles. The number of benzene rings is 1. The van der Waals surface area contributed by atoms with Gasteiger partial charge in [-0.25, -0.2) is 9.37 Å². The van der Waals surface area contributed by atoms with Crippen molar-refractivity contribution in [3.8, 4) is 0 Å². The normalized spacial score (nSPS) is 21.3.